The Bertz CT molecular complexity index is 495. The van der Waals surface area contributed by atoms with E-state index < -0.39 is 17.8 Å². The molecular formula is C16H22FNO3. The summed E-state index contributed by atoms with van der Waals surface area (Å²) in [5, 5.41) is 9.87. The zero-order valence-electron chi connectivity index (χ0n) is 12.7. The summed E-state index contributed by atoms with van der Waals surface area (Å²) in [6.45, 7) is 5.88. The summed E-state index contributed by atoms with van der Waals surface area (Å²) >= 11 is 0. The van der Waals surface area contributed by atoms with E-state index in [1.165, 1.54) is 12.1 Å². The predicted octanol–water partition coefficient (Wildman–Crippen LogP) is 3.26. The SMILES string of the molecule is CC(C)(C)OC(=O)N1CC[C@@H](O)C[C@H]1c1ccc(F)cc1. The van der Waals surface area contributed by atoms with Gasteiger partial charge in [-0.2, -0.15) is 0 Å². The van der Waals surface area contributed by atoms with E-state index in [4.69, 9.17) is 4.74 Å². The monoisotopic (exact) mass is 295 g/mol. The lowest BCUT2D eigenvalue weighted by atomic mass is 9.94. The van der Waals surface area contributed by atoms with Gasteiger partial charge in [0.2, 0.25) is 0 Å². The highest BCUT2D eigenvalue weighted by Crippen LogP contribution is 2.32. The van der Waals surface area contributed by atoms with E-state index >= 15 is 0 Å². The largest absolute Gasteiger partial charge is 0.444 e. The third kappa shape index (κ3) is 4.17. The van der Waals surface area contributed by atoms with Gasteiger partial charge >= 0.3 is 6.09 Å². The molecule has 0 unspecified atom stereocenters. The second kappa shape index (κ2) is 6.02. The smallest absolute Gasteiger partial charge is 0.410 e. The van der Waals surface area contributed by atoms with Gasteiger partial charge in [0.1, 0.15) is 11.4 Å². The first kappa shape index (κ1) is 15.8. The molecule has 21 heavy (non-hydrogen) atoms. The summed E-state index contributed by atoms with van der Waals surface area (Å²) in [6, 6.07) is 5.74. The van der Waals surface area contributed by atoms with Crippen LogP contribution in [0, 0.1) is 5.82 Å². The molecule has 1 aromatic rings. The minimum absolute atomic E-state index is 0.288. The van der Waals surface area contributed by atoms with Gasteiger partial charge in [-0.3, -0.25) is 0 Å². The van der Waals surface area contributed by atoms with Crippen LogP contribution in [0.5, 0.6) is 0 Å². The van der Waals surface area contributed by atoms with E-state index in [-0.39, 0.29) is 11.9 Å². The number of aliphatic hydroxyl groups is 1. The molecule has 2 rings (SSSR count). The third-order valence-electron chi connectivity index (χ3n) is 3.46. The Morgan fingerprint density at radius 2 is 1.95 bits per heavy atom. The molecule has 2 atom stereocenters. The van der Waals surface area contributed by atoms with Gasteiger partial charge in [-0.25, -0.2) is 9.18 Å². The fourth-order valence-electron chi connectivity index (χ4n) is 2.49. The fraction of sp³-hybridized carbons (Fsp3) is 0.562. The van der Waals surface area contributed by atoms with Crippen molar-refractivity contribution in [2.75, 3.05) is 6.54 Å². The summed E-state index contributed by atoms with van der Waals surface area (Å²) in [4.78, 5) is 13.9. The maximum atomic E-state index is 13.1. The first-order chi connectivity index (χ1) is 9.76. The maximum absolute atomic E-state index is 13.1. The summed E-state index contributed by atoms with van der Waals surface area (Å²) in [5.74, 6) is -0.320. The Kier molecular flexibility index (Phi) is 4.52. The lowest BCUT2D eigenvalue weighted by Crippen LogP contribution is -2.44. The standard InChI is InChI=1S/C16H22FNO3/c1-16(2,3)21-15(20)18-9-8-13(19)10-14(18)11-4-6-12(17)7-5-11/h4-7,13-14,19H,8-10H2,1-3H3/t13-,14+/m1/s1. The molecule has 0 aliphatic carbocycles. The van der Waals surface area contributed by atoms with Gasteiger partial charge in [0, 0.05) is 6.54 Å². The molecule has 0 bridgehead atoms. The van der Waals surface area contributed by atoms with E-state index in [9.17, 15) is 14.3 Å². The zero-order chi connectivity index (χ0) is 15.6. The number of amides is 1. The molecule has 1 heterocycles. The average Bonchev–Trinajstić information content (AvgIpc) is 2.37. The molecule has 0 aromatic heterocycles. The van der Waals surface area contributed by atoms with Gasteiger partial charge in [0.15, 0.2) is 0 Å². The van der Waals surface area contributed by atoms with Gasteiger partial charge in [-0.15, -0.1) is 0 Å². The molecule has 1 amide bonds. The molecule has 0 spiro atoms. The van der Waals surface area contributed by atoms with Crippen molar-refractivity contribution in [3.63, 3.8) is 0 Å². The molecule has 1 aliphatic rings. The topological polar surface area (TPSA) is 49.8 Å². The number of piperidine rings is 1. The summed E-state index contributed by atoms with van der Waals surface area (Å²) in [5.41, 5.74) is 0.238. The van der Waals surface area contributed by atoms with Crippen LogP contribution >= 0.6 is 0 Å². The van der Waals surface area contributed by atoms with Crippen LogP contribution in [0.4, 0.5) is 9.18 Å². The number of benzene rings is 1. The van der Waals surface area contributed by atoms with Gasteiger partial charge in [-0.05, 0) is 51.3 Å². The highest BCUT2D eigenvalue weighted by molar-refractivity contribution is 5.69. The third-order valence-corrected chi connectivity index (χ3v) is 3.46. The number of nitrogens with zero attached hydrogens (tertiary/aromatic N) is 1. The molecule has 0 radical (unpaired) electrons. The van der Waals surface area contributed by atoms with Gasteiger partial charge < -0.3 is 14.7 Å². The Morgan fingerprint density at radius 3 is 2.52 bits per heavy atom. The highest BCUT2D eigenvalue weighted by atomic mass is 19.1. The molecule has 4 nitrogen and oxygen atoms in total. The van der Waals surface area contributed by atoms with Crippen LogP contribution in [0.25, 0.3) is 0 Å². The van der Waals surface area contributed by atoms with Crippen molar-refractivity contribution in [2.45, 2.75) is 51.4 Å². The molecule has 116 valence electrons. The minimum Gasteiger partial charge on any atom is -0.444 e. The first-order valence-electron chi connectivity index (χ1n) is 7.19. The fourth-order valence-corrected chi connectivity index (χ4v) is 2.49. The van der Waals surface area contributed by atoms with Crippen molar-refractivity contribution in [1.82, 2.24) is 4.90 Å². The number of hydrogen-bond acceptors (Lipinski definition) is 3. The van der Waals surface area contributed by atoms with Crippen LogP contribution in [-0.4, -0.2) is 34.3 Å². The van der Waals surface area contributed by atoms with Crippen molar-refractivity contribution in [2.24, 2.45) is 0 Å². The minimum atomic E-state index is -0.569. The number of carbonyl (C=O) groups excluding carboxylic acids is 1. The Labute approximate surface area is 124 Å². The summed E-state index contributed by atoms with van der Waals surface area (Å²) in [6.07, 6.45) is 0.101. The van der Waals surface area contributed by atoms with E-state index in [2.05, 4.69) is 0 Å². The van der Waals surface area contributed by atoms with Crippen molar-refractivity contribution in [3.05, 3.63) is 35.6 Å². The second-order valence-corrected chi connectivity index (χ2v) is 6.42. The highest BCUT2D eigenvalue weighted by Gasteiger charge is 2.34. The maximum Gasteiger partial charge on any atom is 0.410 e. The number of halogens is 1. The van der Waals surface area contributed by atoms with E-state index in [0.29, 0.717) is 19.4 Å². The van der Waals surface area contributed by atoms with Crippen LogP contribution in [0.3, 0.4) is 0 Å². The Balaban J connectivity index is 2.21. The molecule has 1 saturated heterocycles. The number of carbonyl (C=O) groups is 1. The van der Waals surface area contributed by atoms with Crippen LogP contribution in [0.15, 0.2) is 24.3 Å². The summed E-state index contributed by atoms with van der Waals surface area (Å²) < 4.78 is 18.5. The normalized spacial score (nSPS) is 23.0. The van der Waals surface area contributed by atoms with Gasteiger partial charge in [0.05, 0.1) is 12.1 Å². The molecular weight excluding hydrogens is 273 g/mol. The average molecular weight is 295 g/mol. The van der Waals surface area contributed by atoms with Crippen LogP contribution in [-0.2, 0) is 4.74 Å². The molecule has 1 aromatic carbocycles. The molecule has 5 heteroatoms. The first-order valence-corrected chi connectivity index (χ1v) is 7.19. The molecule has 1 N–H and O–H groups in total. The second-order valence-electron chi connectivity index (χ2n) is 6.42. The zero-order valence-corrected chi connectivity index (χ0v) is 12.7. The van der Waals surface area contributed by atoms with Gasteiger partial charge in [-0.1, -0.05) is 12.1 Å². The number of aliphatic hydroxyl groups excluding tert-OH is 1. The lowest BCUT2D eigenvalue weighted by Gasteiger charge is -2.38. The van der Waals surface area contributed by atoms with Crippen molar-refractivity contribution in [1.29, 1.82) is 0 Å². The van der Waals surface area contributed by atoms with E-state index in [1.807, 2.05) is 20.8 Å². The quantitative estimate of drug-likeness (QED) is 0.865. The number of hydrogen-bond donors (Lipinski definition) is 1. The number of likely N-dealkylation sites (tertiary alicyclic amines) is 1. The molecule has 1 aliphatic heterocycles. The number of rotatable bonds is 1. The van der Waals surface area contributed by atoms with E-state index in [1.54, 1.807) is 17.0 Å². The Morgan fingerprint density at radius 1 is 1.33 bits per heavy atom. The summed E-state index contributed by atoms with van der Waals surface area (Å²) in [7, 11) is 0. The number of ether oxygens (including phenoxy) is 1. The van der Waals surface area contributed by atoms with Crippen molar-refractivity contribution >= 4 is 6.09 Å². The van der Waals surface area contributed by atoms with Crippen LogP contribution in [0.1, 0.15) is 45.2 Å². The van der Waals surface area contributed by atoms with Crippen molar-refractivity contribution < 1.29 is 19.0 Å². The van der Waals surface area contributed by atoms with Crippen LogP contribution in [0.2, 0.25) is 0 Å². The predicted molar refractivity (Wildman–Crippen MR) is 77.3 cm³/mol. The van der Waals surface area contributed by atoms with E-state index in [0.717, 1.165) is 5.56 Å². The van der Waals surface area contributed by atoms with Crippen LogP contribution < -0.4 is 0 Å². The molecule has 0 saturated carbocycles. The lowest BCUT2D eigenvalue weighted by molar-refractivity contribution is -0.00843. The molecule has 1 fully saturated rings. The van der Waals surface area contributed by atoms with Gasteiger partial charge in [0.25, 0.3) is 0 Å². The van der Waals surface area contributed by atoms with Crippen molar-refractivity contribution in [3.8, 4) is 0 Å². The Hall–Kier alpha value is -1.62.